The Hall–Kier alpha value is -1.26. The first kappa shape index (κ1) is 10.8. The molecule has 1 rings (SSSR count). The van der Waals surface area contributed by atoms with Crippen molar-refractivity contribution in [1.29, 1.82) is 0 Å². The Balaban J connectivity index is 2.27. The van der Waals surface area contributed by atoms with Gasteiger partial charge in [-0.05, 0) is 26.7 Å². The smallest absolute Gasteiger partial charge is 0.315 e. The van der Waals surface area contributed by atoms with E-state index in [-0.39, 0.29) is 18.6 Å². The molecule has 5 heteroatoms. The van der Waals surface area contributed by atoms with Gasteiger partial charge in [0.1, 0.15) is 0 Å². The minimum atomic E-state index is -0.817. The van der Waals surface area contributed by atoms with Crippen molar-refractivity contribution in [2.24, 2.45) is 5.41 Å². The molecule has 0 aromatic rings. The first-order valence-corrected chi connectivity index (χ1v) is 4.74. The highest BCUT2D eigenvalue weighted by Crippen LogP contribution is 2.45. The van der Waals surface area contributed by atoms with Crippen LogP contribution in [0.15, 0.2) is 0 Å². The molecule has 14 heavy (non-hydrogen) atoms. The van der Waals surface area contributed by atoms with Crippen LogP contribution in [0.5, 0.6) is 0 Å². The van der Waals surface area contributed by atoms with Crippen molar-refractivity contribution >= 4 is 12.0 Å². The summed E-state index contributed by atoms with van der Waals surface area (Å²) >= 11 is 0. The number of carboxylic acids is 1. The molecule has 80 valence electrons. The lowest BCUT2D eigenvalue weighted by Gasteiger charge is -2.13. The Morgan fingerprint density at radius 2 is 2.00 bits per heavy atom. The molecular formula is C9H16N2O3. The summed E-state index contributed by atoms with van der Waals surface area (Å²) in [5.41, 5.74) is -0.686. The van der Waals surface area contributed by atoms with Crippen LogP contribution in [-0.4, -0.2) is 29.7 Å². The van der Waals surface area contributed by atoms with Crippen LogP contribution in [0.2, 0.25) is 0 Å². The van der Waals surface area contributed by atoms with Crippen LogP contribution in [0.1, 0.15) is 26.7 Å². The molecule has 0 spiro atoms. The van der Waals surface area contributed by atoms with Gasteiger partial charge in [-0.1, -0.05) is 0 Å². The van der Waals surface area contributed by atoms with E-state index < -0.39 is 11.4 Å². The molecule has 0 aromatic carbocycles. The molecule has 1 saturated carbocycles. The van der Waals surface area contributed by atoms with Crippen LogP contribution >= 0.6 is 0 Å². The van der Waals surface area contributed by atoms with E-state index in [0.717, 1.165) is 0 Å². The maximum Gasteiger partial charge on any atom is 0.315 e. The highest BCUT2D eigenvalue weighted by Gasteiger charge is 2.50. The molecule has 0 radical (unpaired) electrons. The van der Waals surface area contributed by atoms with Crippen molar-refractivity contribution in [2.75, 3.05) is 6.54 Å². The number of carboxylic acid groups (broad SMARTS) is 1. The van der Waals surface area contributed by atoms with E-state index in [4.69, 9.17) is 5.11 Å². The summed E-state index contributed by atoms with van der Waals surface area (Å²) in [6.45, 7) is 3.92. The first-order chi connectivity index (χ1) is 6.46. The summed E-state index contributed by atoms with van der Waals surface area (Å²) in [5, 5.41) is 14.0. The zero-order valence-electron chi connectivity index (χ0n) is 8.46. The second-order valence-electron chi connectivity index (χ2n) is 4.07. The number of aliphatic carboxylic acids is 1. The van der Waals surface area contributed by atoms with Crippen molar-refractivity contribution in [2.45, 2.75) is 32.7 Å². The predicted molar refractivity (Wildman–Crippen MR) is 51.0 cm³/mol. The van der Waals surface area contributed by atoms with Crippen molar-refractivity contribution in [3.05, 3.63) is 0 Å². The summed E-state index contributed by atoms with van der Waals surface area (Å²) in [6, 6.07) is -0.234. The Bertz CT molecular complexity index is 246. The Labute approximate surface area is 82.9 Å². The largest absolute Gasteiger partial charge is 0.481 e. The molecule has 5 nitrogen and oxygen atoms in total. The molecule has 2 amide bonds. The van der Waals surface area contributed by atoms with Crippen LogP contribution < -0.4 is 10.6 Å². The fourth-order valence-corrected chi connectivity index (χ4v) is 1.18. The summed E-state index contributed by atoms with van der Waals surface area (Å²) in [4.78, 5) is 21.9. The number of amides is 2. The maximum absolute atomic E-state index is 11.1. The second kappa shape index (κ2) is 3.86. The molecule has 0 aliphatic heterocycles. The van der Waals surface area contributed by atoms with Crippen molar-refractivity contribution in [3.8, 4) is 0 Å². The van der Waals surface area contributed by atoms with E-state index in [1.807, 2.05) is 13.8 Å². The SMILES string of the molecule is CC(C)NC(=O)NCC1(C(=O)O)CC1. The van der Waals surface area contributed by atoms with Crippen LogP contribution in [0.3, 0.4) is 0 Å². The predicted octanol–water partition coefficient (Wildman–Crippen LogP) is 0.559. The van der Waals surface area contributed by atoms with Crippen LogP contribution in [0, 0.1) is 5.41 Å². The van der Waals surface area contributed by atoms with Gasteiger partial charge >= 0.3 is 12.0 Å². The zero-order valence-corrected chi connectivity index (χ0v) is 8.46. The number of hydrogen-bond acceptors (Lipinski definition) is 2. The van der Waals surface area contributed by atoms with Gasteiger partial charge in [0.05, 0.1) is 5.41 Å². The van der Waals surface area contributed by atoms with Gasteiger partial charge < -0.3 is 15.7 Å². The van der Waals surface area contributed by atoms with E-state index in [1.54, 1.807) is 0 Å². The lowest BCUT2D eigenvalue weighted by molar-refractivity contribution is -0.143. The topological polar surface area (TPSA) is 78.4 Å². The molecule has 0 bridgehead atoms. The highest BCUT2D eigenvalue weighted by atomic mass is 16.4. The van der Waals surface area contributed by atoms with E-state index in [1.165, 1.54) is 0 Å². The zero-order chi connectivity index (χ0) is 10.8. The quantitative estimate of drug-likeness (QED) is 0.620. The molecule has 1 aliphatic rings. The lowest BCUT2D eigenvalue weighted by atomic mass is 10.1. The molecule has 0 atom stereocenters. The van der Waals surface area contributed by atoms with Crippen molar-refractivity contribution in [1.82, 2.24) is 10.6 Å². The Kier molecular flexibility index (Phi) is 2.98. The van der Waals surface area contributed by atoms with Gasteiger partial charge in [-0.15, -0.1) is 0 Å². The Morgan fingerprint density at radius 3 is 2.36 bits per heavy atom. The Morgan fingerprint density at radius 1 is 1.43 bits per heavy atom. The third-order valence-corrected chi connectivity index (χ3v) is 2.31. The minimum absolute atomic E-state index is 0.0648. The molecule has 0 aromatic heterocycles. The summed E-state index contributed by atoms with van der Waals surface area (Å²) in [5.74, 6) is -0.817. The number of rotatable bonds is 4. The lowest BCUT2D eigenvalue weighted by Crippen LogP contribution is -2.43. The molecule has 0 saturated heterocycles. The van der Waals surface area contributed by atoms with Gasteiger partial charge in [0.15, 0.2) is 0 Å². The molecular weight excluding hydrogens is 184 g/mol. The summed E-state index contributed by atoms with van der Waals surface area (Å²) in [7, 11) is 0. The maximum atomic E-state index is 11.1. The number of hydrogen-bond donors (Lipinski definition) is 3. The van der Waals surface area contributed by atoms with E-state index in [0.29, 0.717) is 12.8 Å². The number of urea groups is 1. The third-order valence-electron chi connectivity index (χ3n) is 2.31. The van der Waals surface area contributed by atoms with Crippen molar-refractivity contribution < 1.29 is 14.7 Å². The molecule has 0 unspecified atom stereocenters. The van der Waals surface area contributed by atoms with E-state index in [2.05, 4.69) is 10.6 Å². The van der Waals surface area contributed by atoms with Crippen LogP contribution in [0.4, 0.5) is 4.79 Å². The number of nitrogens with one attached hydrogen (secondary N) is 2. The van der Waals surface area contributed by atoms with Crippen LogP contribution in [-0.2, 0) is 4.79 Å². The standard InChI is InChI=1S/C9H16N2O3/c1-6(2)11-8(14)10-5-9(3-4-9)7(12)13/h6H,3-5H2,1-2H3,(H,12,13)(H2,10,11,14). The third kappa shape index (κ3) is 2.61. The molecule has 3 N–H and O–H groups in total. The monoisotopic (exact) mass is 200 g/mol. The molecule has 1 aliphatic carbocycles. The van der Waals surface area contributed by atoms with Gasteiger partial charge in [0, 0.05) is 12.6 Å². The molecule has 1 fully saturated rings. The van der Waals surface area contributed by atoms with Gasteiger partial charge in [-0.25, -0.2) is 4.79 Å². The van der Waals surface area contributed by atoms with E-state index >= 15 is 0 Å². The normalized spacial score (nSPS) is 17.6. The van der Waals surface area contributed by atoms with Crippen LogP contribution in [0.25, 0.3) is 0 Å². The average molecular weight is 200 g/mol. The fourth-order valence-electron chi connectivity index (χ4n) is 1.18. The number of carbonyl (C=O) groups is 2. The van der Waals surface area contributed by atoms with Gasteiger partial charge in [0.2, 0.25) is 0 Å². The average Bonchev–Trinajstić information content (AvgIpc) is 2.79. The van der Waals surface area contributed by atoms with E-state index in [9.17, 15) is 9.59 Å². The minimum Gasteiger partial charge on any atom is -0.481 e. The van der Waals surface area contributed by atoms with Gasteiger partial charge in [-0.2, -0.15) is 0 Å². The fraction of sp³-hybridized carbons (Fsp3) is 0.778. The van der Waals surface area contributed by atoms with Crippen molar-refractivity contribution in [3.63, 3.8) is 0 Å². The van der Waals surface area contributed by atoms with Gasteiger partial charge in [-0.3, -0.25) is 4.79 Å². The first-order valence-electron chi connectivity index (χ1n) is 4.74. The second-order valence-corrected chi connectivity index (χ2v) is 4.07. The molecule has 0 heterocycles. The highest BCUT2D eigenvalue weighted by molar-refractivity contribution is 5.80. The summed E-state index contributed by atoms with van der Waals surface area (Å²) in [6.07, 6.45) is 1.31. The van der Waals surface area contributed by atoms with Gasteiger partial charge in [0.25, 0.3) is 0 Å². The summed E-state index contributed by atoms with van der Waals surface area (Å²) < 4.78 is 0. The number of carbonyl (C=O) groups excluding carboxylic acids is 1.